The van der Waals surface area contributed by atoms with Crippen molar-refractivity contribution in [2.24, 2.45) is 5.73 Å². The van der Waals surface area contributed by atoms with Crippen molar-refractivity contribution in [3.05, 3.63) is 84.4 Å². The number of aromatic nitrogens is 4. The van der Waals surface area contributed by atoms with Crippen molar-refractivity contribution in [1.82, 2.24) is 19.9 Å². The van der Waals surface area contributed by atoms with E-state index in [-0.39, 0.29) is 11.0 Å². The molecule has 0 atom stereocenters. The molecular formula is C24H21ClN6O2. The average Bonchev–Trinajstić information content (AvgIpc) is 2.84. The van der Waals surface area contributed by atoms with Crippen LogP contribution in [-0.2, 0) is 0 Å². The Kier molecular flexibility index (Phi) is 7.09. The summed E-state index contributed by atoms with van der Waals surface area (Å²) in [4.78, 5) is 16.5. The summed E-state index contributed by atoms with van der Waals surface area (Å²) in [6, 6.07) is 20.7. The molecule has 0 bridgehead atoms. The Hall–Kier alpha value is -4.01. The van der Waals surface area contributed by atoms with Crippen LogP contribution in [0, 0.1) is 0 Å². The number of nitrogens with zero attached hydrogens (tertiary/aromatic N) is 4. The van der Waals surface area contributed by atoms with Gasteiger partial charge in [-0.25, -0.2) is 19.9 Å². The number of phenols is 1. The van der Waals surface area contributed by atoms with Crippen LogP contribution in [0.5, 0.6) is 11.5 Å². The Labute approximate surface area is 195 Å². The SMILES string of the molecule is NCCOc1cccc2cnc(Nc3ccccc3)nc12.Oc1cccc2cnc(Cl)nc12. The third-order valence-corrected chi connectivity index (χ3v) is 4.72. The van der Waals surface area contributed by atoms with E-state index in [9.17, 15) is 5.11 Å². The second-order valence-corrected chi connectivity index (χ2v) is 7.21. The van der Waals surface area contributed by atoms with Gasteiger partial charge < -0.3 is 20.9 Å². The standard InChI is InChI=1S/C16H16N4O.C8H5ClN2O/c17-9-10-21-14-8-4-5-12-11-18-16(20-15(12)14)19-13-6-2-1-3-7-13;9-8-10-4-5-2-1-3-6(12)7(5)11-8/h1-8,11H,9-10,17H2,(H,18,19,20);1-4,12H. The molecule has 0 saturated heterocycles. The van der Waals surface area contributed by atoms with E-state index in [1.54, 1.807) is 24.5 Å². The second-order valence-electron chi connectivity index (χ2n) is 6.87. The van der Waals surface area contributed by atoms with Gasteiger partial charge in [0.15, 0.2) is 0 Å². The fourth-order valence-electron chi connectivity index (χ4n) is 3.04. The van der Waals surface area contributed by atoms with Gasteiger partial charge in [-0.15, -0.1) is 0 Å². The number of halogens is 1. The van der Waals surface area contributed by atoms with Gasteiger partial charge in [0.05, 0.1) is 0 Å². The second kappa shape index (κ2) is 10.5. The molecule has 3 aromatic carbocycles. The number of para-hydroxylation sites is 3. The zero-order valence-corrected chi connectivity index (χ0v) is 18.3. The number of aromatic hydroxyl groups is 1. The van der Waals surface area contributed by atoms with E-state index in [2.05, 4.69) is 25.3 Å². The van der Waals surface area contributed by atoms with Gasteiger partial charge in [-0.3, -0.25) is 0 Å². The molecule has 0 aliphatic heterocycles. The van der Waals surface area contributed by atoms with E-state index < -0.39 is 0 Å². The number of benzene rings is 3. The van der Waals surface area contributed by atoms with Crippen LogP contribution in [0.1, 0.15) is 0 Å². The molecule has 33 heavy (non-hydrogen) atoms. The van der Waals surface area contributed by atoms with Crippen LogP contribution in [0.3, 0.4) is 0 Å². The molecule has 0 aliphatic carbocycles. The van der Waals surface area contributed by atoms with Gasteiger partial charge in [0.1, 0.15) is 29.1 Å². The number of nitrogens with two attached hydrogens (primary N) is 1. The Morgan fingerprint density at radius 3 is 2.36 bits per heavy atom. The summed E-state index contributed by atoms with van der Waals surface area (Å²) in [5, 5.41) is 14.4. The maximum absolute atomic E-state index is 9.35. The highest BCUT2D eigenvalue weighted by molar-refractivity contribution is 6.28. The molecule has 0 unspecified atom stereocenters. The van der Waals surface area contributed by atoms with Crippen molar-refractivity contribution in [3.63, 3.8) is 0 Å². The van der Waals surface area contributed by atoms with Crippen LogP contribution < -0.4 is 15.8 Å². The third kappa shape index (κ3) is 5.62. The number of rotatable bonds is 5. The van der Waals surface area contributed by atoms with Gasteiger partial charge in [-0.05, 0) is 35.9 Å². The first kappa shape index (κ1) is 22.2. The van der Waals surface area contributed by atoms with Crippen molar-refractivity contribution in [2.45, 2.75) is 0 Å². The third-order valence-electron chi connectivity index (χ3n) is 4.54. The molecule has 2 heterocycles. The zero-order valence-electron chi connectivity index (χ0n) is 17.5. The first-order chi connectivity index (χ1) is 16.1. The van der Waals surface area contributed by atoms with Crippen molar-refractivity contribution >= 4 is 45.0 Å². The summed E-state index contributed by atoms with van der Waals surface area (Å²) >= 11 is 5.56. The molecule has 9 heteroatoms. The maximum atomic E-state index is 9.35. The fraction of sp³-hybridized carbons (Fsp3) is 0.0833. The summed E-state index contributed by atoms with van der Waals surface area (Å²) in [7, 11) is 0. The molecule has 0 fully saturated rings. The highest BCUT2D eigenvalue weighted by atomic mass is 35.5. The zero-order chi connectivity index (χ0) is 23.0. The summed E-state index contributed by atoms with van der Waals surface area (Å²) < 4.78 is 5.63. The number of phenolic OH excluding ortho intramolecular Hbond substituents is 1. The van der Waals surface area contributed by atoms with Crippen molar-refractivity contribution in [3.8, 4) is 11.5 Å². The summed E-state index contributed by atoms with van der Waals surface area (Å²) in [6.07, 6.45) is 3.35. The van der Waals surface area contributed by atoms with Gasteiger partial charge >= 0.3 is 0 Å². The van der Waals surface area contributed by atoms with Crippen molar-refractivity contribution in [1.29, 1.82) is 0 Å². The average molecular weight is 461 g/mol. The van der Waals surface area contributed by atoms with Gasteiger partial charge in [0.25, 0.3) is 0 Å². The van der Waals surface area contributed by atoms with Gasteiger partial charge in [-0.2, -0.15) is 0 Å². The van der Waals surface area contributed by atoms with E-state index in [0.29, 0.717) is 24.6 Å². The predicted molar refractivity (Wildman–Crippen MR) is 130 cm³/mol. The predicted octanol–water partition coefficient (Wildman–Crippen LogP) is 4.70. The van der Waals surface area contributed by atoms with Crippen LogP contribution in [0.15, 0.2) is 79.1 Å². The van der Waals surface area contributed by atoms with E-state index in [4.69, 9.17) is 22.1 Å². The lowest BCUT2D eigenvalue weighted by Gasteiger charge is -2.09. The molecule has 0 saturated carbocycles. The Morgan fingerprint density at radius 1 is 0.848 bits per heavy atom. The van der Waals surface area contributed by atoms with E-state index in [0.717, 1.165) is 27.7 Å². The van der Waals surface area contributed by atoms with Crippen molar-refractivity contribution < 1.29 is 9.84 Å². The minimum Gasteiger partial charge on any atom is -0.506 e. The minimum atomic E-state index is 0.122. The largest absolute Gasteiger partial charge is 0.506 e. The Morgan fingerprint density at radius 2 is 1.58 bits per heavy atom. The van der Waals surface area contributed by atoms with E-state index in [1.165, 1.54) is 0 Å². The van der Waals surface area contributed by atoms with Crippen LogP contribution in [-0.4, -0.2) is 38.2 Å². The lowest BCUT2D eigenvalue weighted by molar-refractivity contribution is 0.331. The van der Waals surface area contributed by atoms with E-state index in [1.807, 2.05) is 54.6 Å². The number of hydrogen-bond acceptors (Lipinski definition) is 8. The molecular weight excluding hydrogens is 440 g/mol. The van der Waals surface area contributed by atoms with Gasteiger partial charge in [0.2, 0.25) is 11.2 Å². The minimum absolute atomic E-state index is 0.122. The highest BCUT2D eigenvalue weighted by Gasteiger charge is 2.06. The first-order valence-corrected chi connectivity index (χ1v) is 10.5. The monoisotopic (exact) mass is 460 g/mol. The Bertz CT molecular complexity index is 1370. The summed E-state index contributed by atoms with van der Waals surface area (Å²) in [5.41, 5.74) is 7.69. The first-order valence-electron chi connectivity index (χ1n) is 10.1. The van der Waals surface area contributed by atoms with Crippen LogP contribution in [0.25, 0.3) is 21.8 Å². The number of nitrogens with one attached hydrogen (secondary N) is 1. The molecule has 0 aliphatic rings. The highest BCUT2D eigenvalue weighted by Crippen LogP contribution is 2.25. The van der Waals surface area contributed by atoms with Crippen LogP contribution in [0.4, 0.5) is 11.6 Å². The molecule has 0 spiro atoms. The van der Waals surface area contributed by atoms with E-state index >= 15 is 0 Å². The molecule has 0 radical (unpaired) electrons. The Balaban J connectivity index is 0.000000183. The van der Waals surface area contributed by atoms with Crippen LogP contribution in [0.2, 0.25) is 5.28 Å². The number of hydrogen-bond donors (Lipinski definition) is 3. The molecule has 5 rings (SSSR count). The van der Waals surface area contributed by atoms with Gasteiger partial charge in [0, 0.05) is 35.4 Å². The number of fused-ring (bicyclic) bond motifs is 2. The van der Waals surface area contributed by atoms with Crippen LogP contribution >= 0.6 is 11.6 Å². The quantitative estimate of drug-likeness (QED) is 0.323. The number of anilines is 2. The molecule has 5 aromatic rings. The topological polar surface area (TPSA) is 119 Å². The fourth-order valence-corrected chi connectivity index (χ4v) is 3.18. The van der Waals surface area contributed by atoms with Crippen molar-refractivity contribution in [2.75, 3.05) is 18.5 Å². The molecule has 8 nitrogen and oxygen atoms in total. The van der Waals surface area contributed by atoms with Gasteiger partial charge in [-0.1, -0.05) is 42.5 Å². The molecule has 0 amide bonds. The lowest BCUT2D eigenvalue weighted by atomic mass is 10.2. The molecule has 2 aromatic heterocycles. The smallest absolute Gasteiger partial charge is 0.227 e. The normalized spacial score (nSPS) is 10.5. The number of ether oxygens (including phenoxy) is 1. The maximum Gasteiger partial charge on any atom is 0.227 e. The lowest BCUT2D eigenvalue weighted by Crippen LogP contribution is -2.11. The molecule has 4 N–H and O–H groups in total. The summed E-state index contributed by atoms with van der Waals surface area (Å²) in [5.74, 6) is 1.38. The molecule has 166 valence electrons. The summed E-state index contributed by atoms with van der Waals surface area (Å²) in [6.45, 7) is 0.932.